The predicted molar refractivity (Wildman–Crippen MR) is 134 cm³/mol. The van der Waals surface area contributed by atoms with Crippen LogP contribution in [0, 0.1) is 0 Å². The predicted octanol–water partition coefficient (Wildman–Crippen LogP) is 3.45. The molecule has 2 aliphatic heterocycles. The van der Waals surface area contributed by atoms with E-state index in [0.717, 1.165) is 42.6 Å². The molecular formula is C27H35N5O2. The SMILES string of the molecule is C[C@@H]1COCCN1CC(=O)Cc1cc2cc(-c3cnn(C)c3CN3CCCCC3)ccc2cn1. The summed E-state index contributed by atoms with van der Waals surface area (Å²) < 4.78 is 7.50. The quantitative estimate of drug-likeness (QED) is 0.537. The Morgan fingerprint density at radius 2 is 1.94 bits per heavy atom. The number of aryl methyl sites for hydroxylation is 1. The van der Waals surface area contributed by atoms with Crippen molar-refractivity contribution in [1.82, 2.24) is 24.6 Å². The molecule has 0 N–H and O–H groups in total. The van der Waals surface area contributed by atoms with Gasteiger partial charge in [-0.2, -0.15) is 5.10 Å². The second kappa shape index (κ2) is 10.3. The molecule has 7 nitrogen and oxygen atoms in total. The molecule has 0 spiro atoms. The second-order valence-electron chi connectivity index (χ2n) is 9.81. The number of nitrogens with zero attached hydrogens (tertiary/aromatic N) is 5. The molecule has 0 aliphatic carbocycles. The van der Waals surface area contributed by atoms with E-state index in [1.165, 1.54) is 36.1 Å². The van der Waals surface area contributed by atoms with Crippen molar-refractivity contribution in [2.75, 3.05) is 39.4 Å². The summed E-state index contributed by atoms with van der Waals surface area (Å²) in [6.07, 6.45) is 8.12. The summed E-state index contributed by atoms with van der Waals surface area (Å²) in [5, 5.41) is 6.78. The number of carbonyl (C=O) groups excluding carboxylic acids is 1. The number of Topliss-reactive ketones (excluding diaryl/α,β-unsaturated/α-hetero) is 1. The van der Waals surface area contributed by atoms with Gasteiger partial charge >= 0.3 is 0 Å². The van der Waals surface area contributed by atoms with Crippen molar-refractivity contribution in [2.45, 2.75) is 45.2 Å². The van der Waals surface area contributed by atoms with Gasteiger partial charge in [0.25, 0.3) is 0 Å². The fourth-order valence-electron chi connectivity index (χ4n) is 5.15. The lowest BCUT2D eigenvalue weighted by atomic mass is 10.0. The van der Waals surface area contributed by atoms with Gasteiger partial charge in [-0.05, 0) is 55.9 Å². The number of fused-ring (bicyclic) bond motifs is 1. The molecule has 1 aromatic carbocycles. The van der Waals surface area contributed by atoms with E-state index in [1.807, 2.05) is 24.1 Å². The maximum Gasteiger partial charge on any atom is 0.152 e. The first-order valence-corrected chi connectivity index (χ1v) is 12.5. The molecule has 34 heavy (non-hydrogen) atoms. The fraction of sp³-hybridized carbons (Fsp3) is 0.519. The van der Waals surface area contributed by atoms with E-state index in [1.54, 1.807) is 0 Å². The average Bonchev–Trinajstić information content (AvgIpc) is 3.20. The van der Waals surface area contributed by atoms with E-state index in [9.17, 15) is 4.79 Å². The monoisotopic (exact) mass is 461 g/mol. The normalized spacial score (nSPS) is 20.1. The molecule has 0 amide bonds. The van der Waals surface area contributed by atoms with E-state index >= 15 is 0 Å². The molecule has 5 rings (SSSR count). The Balaban J connectivity index is 1.34. The highest BCUT2D eigenvalue weighted by Crippen LogP contribution is 2.28. The van der Waals surface area contributed by atoms with Gasteiger partial charge in [-0.3, -0.25) is 24.3 Å². The summed E-state index contributed by atoms with van der Waals surface area (Å²) in [5.41, 5.74) is 4.43. The van der Waals surface area contributed by atoms with Gasteiger partial charge in [0.05, 0.1) is 38.1 Å². The van der Waals surface area contributed by atoms with Gasteiger partial charge in [0.15, 0.2) is 5.78 Å². The van der Waals surface area contributed by atoms with Gasteiger partial charge < -0.3 is 4.74 Å². The third kappa shape index (κ3) is 5.22. The Labute approximate surface area is 201 Å². The van der Waals surface area contributed by atoms with Crippen LogP contribution >= 0.6 is 0 Å². The molecule has 0 radical (unpaired) electrons. The van der Waals surface area contributed by atoms with Crippen molar-refractivity contribution < 1.29 is 9.53 Å². The molecule has 2 aliphatic rings. The highest BCUT2D eigenvalue weighted by Gasteiger charge is 2.21. The summed E-state index contributed by atoms with van der Waals surface area (Å²) in [5.74, 6) is 0.202. The van der Waals surface area contributed by atoms with Crippen LogP contribution in [0.25, 0.3) is 21.9 Å². The van der Waals surface area contributed by atoms with E-state index in [4.69, 9.17) is 4.74 Å². The zero-order chi connectivity index (χ0) is 23.5. The lowest BCUT2D eigenvalue weighted by molar-refractivity contribution is -0.121. The minimum atomic E-state index is 0.202. The van der Waals surface area contributed by atoms with Gasteiger partial charge in [-0.1, -0.05) is 18.6 Å². The van der Waals surface area contributed by atoms with Crippen LogP contribution < -0.4 is 0 Å². The van der Waals surface area contributed by atoms with E-state index in [0.29, 0.717) is 26.2 Å². The first-order valence-electron chi connectivity index (χ1n) is 12.5. The number of pyridine rings is 1. The Bertz CT molecular complexity index is 1150. The van der Waals surface area contributed by atoms with Crippen LogP contribution in [0.4, 0.5) is 0 Å². The van der Waals surface area contributed by atoms with Crippen molar-refractivity contribution >= 4 is 16.6 Å². The maximum absolute atomic E-state index is 12.7. The van der Waals surface area contributed by atoms with Crippen molar-refractivity contribution in [3.8, 4) is 11.1 Å². The van der Waals surface area contributed by atoms with Gasteiger partial charge in [0.1, 0.15) is 0 Å². The Kier molecular flexibility index (Phi) is 7.04. The largest absolute Gasteiger partial charge is 0.379 e. The molecule has 0 bridgehead atoms. The number of piperidine rings is 1. The first-order chi connectivity index (χ1) is 16.6. The van der Waals surface area contributed by atoms with Gasteiger partial charge in [-0.15, -0.1) is 0 Å². The first kappa shape index (κ1) is 23.1. The fourth-order valence-corrected chi connectivity index (χ4v) is 5.15. The lowest BCUT2D eigenvalue weighted by Gasteiger charge is -2.32. The van der Waals surface area contributed by atoms with Gasteiger partial charge in [0, 0.05) is 49.0 Å². The summed E-state index contributed by atoms with van der Waals surface area (Å²) in [6, 6.07) is 8.84. The summed E-state index contributed by atoms with van der Waals surface area (Å²) in [7, 11) is 2.03. The molecule has 2 aromatic heterocycles. The summed E-state index contributed by atoms with van der Waals surface area (Å²) >= 11 is 0. The van der Waals surface area contributed by atoms with Gasteiger partial charge in [-0.25, -0.2) is 0 Å². The standard InChI is InChI=1S/C27H35N5O2/c1-20-19-34-11-10-32(20)17-25(33)14-24-13-23-12-21(6-7-22(23)15-28-24)26-16-29-30(2)27(26)18-31-8-4-3-5-9-31/h6-7,12-13,15-16,20H,3-5,8-11,14,17-19H2,1-2H3/t20-/m1/s1. The molecule has 1 atom stereocenters. The molecule has 2 fully saturated rings. The van der Waals surface area contributed by atoms with Crippen molar-refractivity contribution in [3.63, 3.8) is 0 Å². The van der Waals surface area contributed by atoms with Crippen molar-refractivity contribution in [2.24, 2.45) is 7.05 Å². The summed E-state index contributed by atoms with van der Waals surface area (Å²) in [6.45, 7) is 8.02. The number of rotatable bonds is 7. The third-order valence-corrected chi connectivity index (χ3v) is 7.24. The number of likely N-dealkylation sites (tertiary alicyclic amines) is 1. The van der Waals surface area contributed by atoms with E-state index in [-0.39, 0.29) is 11.8 Å². The lowest BCUT2D eigenvalue weighted by Crippen LogP contribution is -2.46. The van der Waals surface area contributed by atoms with Crippen LogP contribution in [-0.4, -0.2) is 75.8 Å². The molecule has 0 saturated carbocycles. The maximum atomic E-state index is 12.7. The highest BCUT2D eigenvalue weighted by molar-refractivity contribution is 5.89. The topological polar surface area (TPSA) is 63.5 Å². The molecule has 0 unspecified atom stereocenters. The second-order valence-corrected chi connectivity index (χ2v) is 9.81. The molecule has 7 heteroatoms. The number of aromatic nitrogens is 3. The van der Waals surface area contributed by atoms with E-state index in [2.05, 4.69) is 51.1 Å². The van der Waals surface area contributed by atoms with Crippen LogP contribution in [0.5, 0.6) is 0 Å². The third-order valence-electron chi connectivity index (χ3n) is 7.24. The average molecular weight is 462 g/mol. The summed E-state index contributed by atoms with van der Waals surface area (Å²) in [4.78, 5) is 22.1. The minimum absolute atomic E-state index is 0.202. The van der Waals surface area contributed by atoms with Gasteiger partial charge in [0.2, 0.25) is 0 Å². The van der Waals surface area contributed by atoms with Crippen LogP contribution in [0.3, 0.4) is 0 Å². The number of hydrogen-bond acceptors (Lipinski definition) is 6. The minimum Gasteiger partial charge on any atom is -0.379 e. The van der Waals surface area contributed by atoms with Crippen LogP contribution in [-0.2, 0) is 29.5 Å². The van der Waals surface area contributed by atoms with E-state index < -0.39 is 0 Å². The molecule has 2 saturated heterocycles. The Morgan fingerprint density at radius 3 is 2.76 bits per heavy atom. The number of ketones is 1. The number of morpholine rings is 1. The number of carbonyl (C=O) groups is 1. The molecule has 4 heterocycles. The van der Waals surface area contributed by atoms with Crippen LogP contribution in [0.15, 0.2) is 36.7 Å². The van der Waals surface area contributed by atoms with Crippen molar-refractivity contribution in [3.05, 3.63) is 48.0 Å². The highest BCUT2D eigenvalue weighted by atomic mass is 16.5. The Morgan fingerprint density at radius 1 is 1.09 bits per heavy atom. The zero-order valence-electron chi connectivity index (χ0n) is 20.4. The molecular weight excluding hydrogens is 426 g/mol. The Hall–Kier alpha value is -2.61. The number of hydrogen-bond donors (Lipinski definition) is 0. The number of ether oxygens (including phenoxy) is 1. The molecule has 180 valence electrons. The van der Waals surface area contributed by atoms with Crippen molar-refractivity contribution in [1.29, 1.82) is 0 Å². The number of benzene rings is 1. The zero-order valence-corrected chi connectivity index (χ0v) is 20.4. The molecule has 3 aromatic rings. The van der Waals surface area contributed by atoms with Crippen LogP contribution in [0.1, 0.15) is 37.6 Å². The van der Waals surface area contributed by atoms with Crippen LogP contribution in [0.2, 0.25) is 0 Å². The smallest absolute Gasteiger partial charge is 0.152 e.